The average Bonchev–Trinajstić information content (AvgIpc) is 3.39. The summed E-state index contributed by atoms with van der Waals surface area (Å²) in [5.41, 5.74) is 2.86. The van der Waals surface area contributed by atoms with Crippen LogP contribution in [0.2, 0.25) is 0 Å². The number of carbonyl (C=O) groups is 1. The first-order chi connectivity index (χ1) is 12.2. The molecular weight excluding hydrogens is 312 g/mol. The molecule has 4 nitrogen and oxygen atoms in total. The minimum atomic E-state index is -0.765. The number of aliphatic carboxylic acids is 1. The van der Waals surface area contributed by atoms with Crippen molar-refractivity contribution in [1.82, 2.24) is 10.6 Å². The molecule has 0 bridgehead atoms. The van der Waals surface area contributed by atoms with Gasteiger partial charge >= 0.3 is 5.97 Å². The van der Waals surface area contributed by atoms with Crippen LogP contribution in [-0.4, -0.2) is 35.7 Å². The number of rotatable bonds is 8. The van der Waals surface area contributed by atoms with Crippen molar-refractivity contribution in [2.24, 2.45) is 5.92 Å². The Balaban J connectivity index is 1.44. The predicted octanol–water partition coefficient (Wildman–Crippen LogP) is 3.44. The van der Waals surface area contributed by atoms with Crippen LogP contribution in [0.15, 0.2) is 35.9 Å². The molecule has 1 aromatic carbocycles. The lowest BCUT2D eigenvalue weighted by molar-refractivity contribution is -0.136. The van der Waals surface area contributed by atoms with Gasteiger partial charge in [0.05, 0.1) is 6.54 Å². The SMILES string of the molecule is CC/C(=C\c1ccccc1)C1CC1N[C@H]1CC[C@H](NCC(=O)O)CC1. The zero-order chi connectivity index (χ0) is 17.6. The van der Waals surface area contributed by atoms with Gasteiger partial charge in [0.1, 0.15) is 0 Å². The van der Waals surface area contributed by atoms with Crippen LogP contribution in [0.1, 0.15) is 51.0 Å². The minimum absolute atomic E-state index is 0.0810. The molecule has 3 rings (SSSR count). The molecule has 0 amide bonds. The molecule has 0 saturated heterocycles. The molecule has 0 aliphatic heterocycles. The van der Waals surface area contributed by atoms with Gasteiger partial charge in [-0.25, -0.2) is 0 Å². The molecule has 4 heteroatoms. The smallest absolute Gasteiger partial charge is 0.317 e. The number of hydrogen-bond acceptors (Lipinski definition) is 3. The fourth-order valence-corrected chi connectivity index (χ4v) is 4.02. The van der Waals surface area contributed by atoms with Gasteiger partial charge in [-0.3, -0.25) is 4.79 Å². The van der Waals surface area contributed by atoms with Gasteiger partial charge in [-0.05, 0) is 50.0 Å². The Bertz CT molecular complexity index is 591. The largest absolute Gasteiger partial charge is 0.480 e. The van der Waals surface area contributed by atoms with Crippen molar-refractivity contribution in [2.45, 2.75) is 63.6 Å². The van der Waals surface area contributed by atoms with E-state index < -0.39 is 5.97 Å². The third-order valence-corrected chi connectivity index (χ3v) is 5.55. The van der Waals surface area contributed by atoms with Crippen LogP contribution in [0.5, 0.6) is 0 Å². The van der Waals surface area contributed by atoms with Gasteiger partial charge in [-0.15, -0.1) is 0 Å². The van der Waals surface area contributed by atoms with E-state index >= 15 is 0 Å². The van der Waals surface area contributed by atoms with Crippen LogP contribution in [0.3, 0.4) is 0 Å². The highest BCUT2D eigenvalue weighted by Gasteiger charge is 2.40. The van der Waals surface area contributed by atoms with E-state index in [-0.39, 0.29) is 6.54 Å². The standard InChI is InChI=1S/C21H30N2O2/c1-2-16(12-15-6-4-3-5-7-15)19-13-20(19)23-18-10-8-17(9-11-18)22-14-21(24)25/h3-7,12,17-20,22-23H,2,8-11,13-14H2,1H3,(H,24,25)/b16-12+/t17-,18-,19?,20?. The van der Waals surface area contributed by atoms with Gasteiger partial charge in [0.15, 0.2) is 0 Å². The Morgan fingerprint density at radius 1 is 1.16 bits per heavy atom. The van der Waals surface area contributed by atoms with Crippen LogP contribution in [0, 0.1) is 5.92 Å². The maximum atomic E-state index is 10.6. The fraction of sp³-hybridized carbons (Fsp3) is 0.571. The molecule has 2 aliphatic carbocycles. The molecule has 136 valence electrons. The van der Waals surface area contributed by atoms with Gasteiger partial charge in [0.25, 0.3) is 0 Å². The highest BCUT2D eigenvalue weighted by molar-refractivity contribution is 5.69. The molecule has 25 heavy (non-hydrogen) atoms. The van der Waals surface area contributed by atoms with Crippen molar-refractivity contribution in [3.63, 3.8) is 0 Å². The van der Waals surface area contributed by atoms with Crippen LogP contribution >= 0.6 is 0 Å². The summed E-state index contributed by atoms with van der Waals surface area (Å²) in [5.74, 6) is -0.0774. The highest BCUT2D eigenvalue weighted by atomic mass is 16.4. The zero-order valence-electron chi connectivity index (χ0n) is 15.1. The molecule has 3 N–H and O–H groups in total. The van der Waals surface area contributed by atoms with E-state index in [1.54, 1.807) is 5.57 Å². The van der Waals surface area contributed by atoms with E-state index in [0.29, 0.717) is 24.0 Å². The maximum absolute atomic E-state index is 10.6. The summed E-state index contributed by atoms with van der Waals surface area (Å²) >= 11 is 0. The van der Waals surface area contributed by atoms with Crippen LogP contribution < -0.4 is 10.6 Å². The Labute approximate surface area is 150 Å². The van der Waals surface area contributed by atoms with E-state index in [9.17, 15) is 4.79 Å². The van der Waals surface area contributed by atoms with Gasteiger partial charge in [0, 0.05) is 18.1 Å². The molecule has 0 spiro atoms. The summed E-state index contributed by atoms with van der Waals surface area (Å²) < 4.78 is 0. The number of carboxylic acid groups (broad SMARTS) is 1. The lowest BCUT2D eigenvalue weighted by Gasteiger charge is -2.29. The summed E-state index contributed by atoms with van der Waals surface area (Å²) in [7, 11) is 0. The highest BCUT2D eigenvalue weighted by Crippen LogP contribution is 2.40. The number of carboxylic acids is 1. The topological polar surface area (TPSA) is 61.4 Å². The molecule has 0 heterocycles. The van der Waals surface area contributed by atoms with Crippen LogP contribution in [0.4, 0.5) is 0 Å². The van der Waals surface area contributed by atoms with Crippen molar-refractivity contribution in [1.29, 1.82) is 0 Å². The molecule has 2 atom stereocenters. The van der Waals surface area contributed by atoms with Gasteiger partial charge in [0.2, 0.25) is 0 Å². The fourth-order valence-electron chi connectivity index (χ4n) is 4.02. The number of benzene rings is 1. The van der Waals surface area contributed by atoms with E-state index in [0.717, 1.165) is 32.1 Å². The average molecular weight is 342 g/mol. The van der Waals surface area contributed by atoms with Gasteiger partial charge in [-0.1, -0.05) is 48.9 Å². The second kappa shape index (κ2) is 8.63. The van der Waals surface area contributed by atoms with E-state index in [1.165, 1.54) is 12.0 Å². The third-order valence-electron chi connectivity index (χ3n) is 5.55. The minimum Gasteiger partial charge on any atom is -0.480 e. The predicted molar refractivity (Wildman–Crippen MR) is 101 cm³/mol. The van der Waals surface area contributed by atoms with Crippen molar-refractivity contribution in [3.8, 4) is 0 Å². The van der Waals surface area contributed by atoms with Crippen molar-refractivity contribution in [3.05, 3.63) is 41.5 Å². The molecular formula is C21H30N2O2. The van der Waals surface area contributed by atoms with Crippen molar-refractivity contribution < 1.29 is 9.90 Å². The normalized spacial score (nSPS) is 29.4. The number of hydrogen-bond donors (Lipinski definition) is 3. The van der Waals surface area contributed by atoms with Crippen LogP contribution in [0.25, 0.3) is 6.08 Å². The number of nitrogens with one attached hydrogen (secondary N) is 2. The Morgan fingerprint density at radius 2 is 1.84 bits per heavy atom. The Hall–Kier alpha value is -1.65. The third kappa shape index (κ3) is 5.41. The van der Waals surface area contributed by atoms with Crippen molar-refractivity contribution >= 4 is 12.0 Å². The van der Waals surface area contributed by atoms with Crippen LogP contribution in [-0.2, 0) is 4.79 Å². The summed E-state index contributed by atoms with van der Waals surface area (Å²) in [4.78, 5) is 10.6. The van der Waals surface area contributed by atoms with Gasteiger partial charge in [-0.2, -0.15) is 0 Å². The second-order valence-electron chi connectivity index (χ2n) is 7.42. The lowest BCUT2D eigenvalue weighted by atomic mass is 9.91. The first kappa shape index (κ1) is 18.2. The molecule has 2 fully saturated rings. The first-order valence-corrected chi connectivity index (χ1v) is 9.62. The first-order valence-electron chi connectivity index (χ1n) is 9.62. The quantitative estimate of drug-likeness (QED) is 0.677. The second-order valence-corrected chi connectivity index (χ2v) is 7.42. The molecule has 2 unspecified atom stereocenters. The maximum Gasteiger partial charge on any atom is 0.317 e. The Morgan fingerprint density at radius 3 is 2.48 bits per heavy atom. The molecule has 2 saturated carbocycles. The lowest BCUT2D eigenvalue weighted by Crippen LogP contribution is -2.42. The summed E-state index contributed by atoms with van der Waals surface area (Å²) in [5, 5.41) is 15.7. The molecule has 2 aliphatic rings. The molecule has 0 radical (unpaired) electrons. The Kier molecular flexibility index (Phi) is 6.27. The van der Waals surface area contributed by atoms with Gasteiger partial charge < -0.3 is 15.7 Å². The summed E-state index contributed by atoms with van der Waals surface area (Å²) in [6, 6.07) is 12.2. The molecule has 1 aromatic rings. The van der Waals surface area contributed by atoms with E-state index in [4.69, 9.17) is 5.11 Å². The molecule has 0 aromatic heterocycles. The monoisotopic (exact) mass is 342 g/mol. The zero-order valence-corrected chi connectivity index (χ0v) is 15.1. The summed E-state index contributed by atoms with van der Waals surface area (Å²) in [6.07, 6.45) is 9.16. The van der Waals surface area contributed by atoms with Crippen molar-refractivity contribution in [2.75, 3.05) is 6.54 Å². The summed E-state index contributed by atoms with van der Waals surface area (Å²) in [6.45, 7) is 2.33. The van der Waals surface area contributed by atoms with E-state index in [2.05, 4.69) is 54.0 Å². The van der Waals surface area contributed by atoms with E-state index in [1.807, 2.05) is 0 Å².